The van der Waals surface area contributed by atoms with Crippen LogP contribution in [-0.4, -0.2) is 63.7 Å². The maximum Gasteiger partial charge on any atom is 0.341 e. The second-order valence-corrected chi connectivity index (χ2v) is 9.33. The molecule has 0 unspecified atom stereocenters. The maximum absolute atomic E-state index is 12.9. The number of nitrogens with zero attached hydrogens (tertiary/aromatic N) is 2. The van der Waals surface area contributed by atoms with Crippen molar-refractivity contribution in [1.29, 1.82) is 0 Å². The summed E-state index contributed by atoms with van der Waals surface area (Å²) in [5.41, 5.74) is 3.29. The summed E-state index contributed by atoms with van der Waals surface area (Å²) in [4.78, 5) is 30.9. The first kappa shape index (κ1) is 23.8. The van der Waals surface area contributed by atoms with Crippen molar-refractivity contribution in [3.63, 3.8) is 0 Å². The van der Waals surface area contributed by atoms with Crippen LogP contribution in [0.4, 0.5) is 10.7 Å². The molecule has 1 fully saturated rings. The Morgan fingerprint density at radius 1 is 0.971 bits per heavy atom. The molecule has 0 aliphatic carbocycles. The van der Waals surface area contributed by atoms with Gasteiger partial charge >= 0.3 is 5.97 Å². The van der Waals surface area contributed by atoms with Gasteiger partial charge in [-0.05, 0) is 36.8 Å². The zero-order valence-corrected chi connectivity index (χ0v) is 20.5. The van der Waals surface area contributed by atoms with Crippen molar-refractivity contribution in [2.75, 3.05) is 57.2 Å². The van der Waals surface area contributed by atoms with Gasteiger partial charge in [0.25, 0.3) is 0 Å². The highest BCUT2D eigenvalue weighted by Gasteiger charge is 2.26. The molecule has 0 atom stereocenters. The van der Waals surface area contributed by atoms with Gasteiger partial charge in [-0.25, -0.2) is 4.79 Å². The van der Waals surface area contributed by atoms with Crippen molar-refractivity contribution in [3.8, 4) is 16.9 Å². The van der Waals surface area contributed by atoms with E-state index in [2.05, 4.69) is 27.2 Å². The van der Waals surface area contributed by atoms with Gasteiger partial charge in [0, 0.05) is 42.3 Å². The predicted molar refractivity (Wildman–Crippen MR) is 136 cm³/mol. The minimum Gasteiger partial charge on any atom is -0.497 e. The summed E-state index contributed by atoms with van der Waals surface area (Å²) in [5, 5.41) is 3.50. The van der Waals surface area contributed by atoms with Crippen molar-refractivity contribution >= 4 is 33.9 Å². The molecule has 1 aromatic heterocycles. The minimum atomic E-state index is -0.452. The number of ether oxygens (including phenoxy) is 2. The van der Waals surface area contributed by atoms with Gasteiger partial charge in [-0.2, -0.15) is 0 Å². The van der Waals surface area contributed by atoms with Gasteiger partial charge in [-0.1, -0.05) is 30.3 Å². The van der Waals surface area contributed by atoms with Gasteiger partial charge < -0.3 is 19.7 Å². The number of hydrogen-bond donors (Lipinski definition) is 1. The third-order valence-electron chi connectivity index (χ3n) is 5.97. The van der Waals surface area contributed by atoms with Crippen molar-refractivity contribution in [3.05, 3.63) is 65.0 Å². The van der Waals surface area contributed by atoms with E-state index >= 15 is 0 Å². The highest BCUT2D eigenvalue weighted by molar-refractivity contribution is 7.17. The molecule has 1 saturated heterocycles. The van der Waals surface area contributed by atoms with E-state index in [9.17, 15) is 9.59 Å². The zero-order chi connectivity index (χ0) is 24.1. The van der Waals surface area contributed by atoms with Crippen LogP contribution in [0.2, 0.25) is 0 Å². The lowest BCUT2D eigenvalue weighted by molar-refractivity contribution is -0.117. The number of anilines is 2. The molecule has 4 rings (SSSR count). The van der Waals surface area contributed by atoms with Crippen molar-refractivity contribution in [2.45, 2.75) is 6.92 Å². The van der Waals surface area contributed by atoms with Crippen LogP contribution in [-0.2, 0) is 9.53 Å². The van der Waals surface area contributed by atoms with Crippen molar-refractivity contribution in [2.24, 2.45) is 0 Å². The Bertz CT molecular complexity index is 1140. The van der Waals surface area contributed by atoms with Gasteiger partial charge in [0.05, 0.1) is 20.8 Å². The highest BCUT2D eigenvalue weighted by atomic mass is 32.1. The normalized spacial score (nSPS) is 14.0. The average Bonchev–Trinajstić information content (AvgIpc) is 3.19. The number of rotatable bonds is 7. The Hall–Kier alpha value is -3.36. The summed E-state index contributed by atoms with van der Waals surface area (Å²) in [6, 6.07) is 17.7. The number of benzene rings is 2. The van der Waals surface area contributed by atoms with Crippen molar-refractivity contribution in [1.82, 2.24) is 4.90 Å². The molecule has 0 spiro atoms. The van der Waals surface area contributed by atoms with E-state index < -0.39 is 5.97 Å². The van der Waals surface area contributed by atoms with E-state index in [4.69, 9.17) is 9.47 Å². The minimum absolute atomic E-state index is 0.135. The fraction of sp³-hybridized carbons (Fsp3) is 0.308. The second-order valence-electron chi connectivity index (χ2n) is 8.10. The SMILES string of the molecule is COC(=O)c1c(NC(=O)CN2CCN(c3ccc(OC)cc3)CC2)sc(C)c1-c1ccccc1. The molecule has 0 bridgehead atoms. The Morgan fingerprint density at radius 3 is 2.26 bits per heavy atom. The summed E-state index contributed by atoms with van der Waals surface area (Å²) in [6.07, 6.45) is 0. The van der Waals surface area contributed by atoms with Gasteiger partial charge in [-0.3, -0.25) is 9.69 Å². The summed E-state index contributed by atoms with van der Waals surface area (Å²) in [6.45, 7) is 5.46. The Balaban J connectivity index is 1.41. The van der Waals surface area contributed by atoms with E-state index in [0.29, 0.717) is 10.6 Å². The lowest BCUT2D eigenvalue weighted by Gasteiger charge is -2.35. The molecule has 178 valence electrons. The topological polar surface area (TPSA) is 71.1 Å². The zero-order valence-electron chi connectivity index (χ0n) is 19.7. The summed E-state index contributed by atoms with van der Waals surface area (Å²) in [5.74, 6) is 0.250. The quantitative estimate of drug-likeness (QED) is 0.510. The average molecular weight is 480 g/mol. The fourth-order valence-electron chi connectivity index (χ4n) is 4.21. The molecule has 1 N–H and O–H groups in total. The Kier molecular flexibility index (Phi) is 7.49. The Labute approximate surface area is 203 Å². The van der Waals surface area contributed by atoms with Crippen LogP contribution in [0.25, 0.3) is 11.1 Å². The molecule has 3 aromatic rings. The third-order valence-corrected chi connectivity index (χ3v) is 6.99. The van der Waals surface area contributed by atoms with E-state index in [-0.39, 0.29) is 12.5 Å². The number of carbonyl (C=O) groups is 2. The number of amides is 1. The van der Waals surface area contributed by atoms with Gasteiger partial charge in [0.15, 0.2) is 0 Å². The van der Waals surface area contributed by atoms with E-state index in [1.54, 1.807) is 7.11 Å². The number of thiophene rings is 1. The number of piperazine rings is 1. The molecule has 7 nitrogen and oxygen atoms in total. The first-order chi connectivity index (χ1) is 16.5. The van der Waals surface area contributed by atoms with Crippen LogP contribution in [0.15, 0.2) is 54.6 Å². The van der Waals surface area contributed by atoms with Crippen LogP contribution >= 0.6 is 11.3 Å². The van der Waals surface area contributed by atoms with Crippen molar-refractivity contribution < 1.29 is 19.1 Å². The Morgan fingerprint density at radius 2 is 1.65 bits per heavy atom. The summed E-state index contributed by atoms with van der Waals surface area (Å²) < 4.78 is 10.3. The number of esters is 1. The first-order valence-electron chi connectivity index (χ1n) is 11.2. The second kappa shape index (κ2) is 10.7. The summed E-state index contributed by atoms with van der Waals surface area (Å²) >= 11 is 1.40. The largest absolute Gasteiger partial charge is 0.497 e. The molecule has 1 amide bonds. The molecule has 1 aliphatic heterocycles. The molecular formula is C26H29N3O4S. The number of carbonyl (C=O) groups excluding carboxylic acids is 2. The molecule has 0 saturated carbocycles. The van der Waals surface area contributed by atoms with E-state index in [0.717, 1.165) is 53.6 Å². The fourth-order valence-corrected chi connectivity index (χ4v) is 5.29. The number of methoxy groups -OCH3 is 2. The molecule has 8 heteroatoms. The van der Waals surface area contributed by atoms with Crippen LogP contribution in [0.3, 0.4) is 0 Å². The number of nitrogens with one attached hydrogen (secondary N) is 1. The van der Waals surface area contributed by atoms with Crippen LogP contribution < -0.4 is 15.0 Å². The standard InChI is InChI=1S/C26H29N3O4S/c1-18-23(19-7-5-4-6-8-19)24(26(31)33-3)25(34-18)27-22(30)17-28-13-15-29(16-14-28)20-9-11-21(32-2)12-10-20/h4-12H,13-17H2,1-3H3,(H,27,30). The number of aryl methyl sites for hydroxylation is 1. The third kappa shape index (κ3) is 5.24. The molecule has 34 heavy (non-hydrogen) atoms. The van der Waals surface area contributed by atoms with E-state index in [1.807, 2.05) is 49.4 Å². The monoisotopic (exact) mass is 479 g/mol. The van der Waals surface area contributed by atoms with Gasteiger partial charge in [-0.15, -0.1) is 11.3 Å². The molecule has 2 heterocycles. The van der Waals surface area contributed by atoms with Crippen LogP contribution in [0.1, 0.15) is 15.2 Å². The first-order valence-corrected chi connectivity index (χ1v) is 12.0. The van der Waals surface area contributed by atoms with Crippen LogP contribution in [0, 0.1) is 6.92 Å². The molecule has 1 aliphatic rings. The lowest BCUT2D eigenvalue weighted by atomic mass is 10.0. The highest BCUT2D eigenvalue weighted by Crippen LogP contribution is 2.40. The molecular weight excluding hydrogens is 450 g/mol. The smallest absolute Gasteiger partial charge is 0.341 e. The molecule has 0 radical (unpaired) electrons. The summed E-state index contributed by atoms with van der Waals surface area (Å²) in [7, 11) is 3.02. The van der Waals surface area contributed by atoms with Gasteiger partial charge in [0.1, 0.15) is 16.3 Å². The predicted octanol–water partition coefficient (Wildman–Crippen LogP) is 4.28. The van der Waals surface area contributed by atoms with Crippen LogP contribution in [0.5, 0.6) is 5.75 Å². The lowest BCUT2D eigenvalue weighted by Crippen LogP contribution is -2.48. The van der Waals surface area contributed by atoms with Gasteiger partial charge in [0.2, 0.25) is 5.91 Å². The number of hydrogen-bond acceptors (Lipinski definition) is 7. The molecule has 2 aromatic carbocycles. The van der Waals surface area contributed by atoms with E-state index in [1.165, 1.54) is 18.4 Å². The maximum atomic E-state index is 12.9.